The number of aromatic hydroxyl groups is 1. The molecule has 0 saturated carbocycles. The van der Waals surface area contributed by atoms with Crippen molar-refractivity contribution in [2.75, 3.05) is 6.61 Å². The van der Waals surface area contributed by atoms with Gasteiger partial charge >= 0.3 is 0 Å². The zero-order valence-electron chi connectivity index (χ0n) is 16.7. The number of nitrogens with two attached hydrogens (primary N) is 1. The average molecular weight is 424 g/mol. The van der Waals surface area contributed by atoms with Gasteiger partial charge in [-0.05, 0) is 19.4 Å². The molecule has 1 aromatic heterocycles. The molecule has 0 saturated heterocycles. The molecular weight excluding hydrogens is 403 g/mol. The molecule has 0 amide bonds. The molecule has 0 fully saturated rings. The quantitative estimate of drug-likeness (QED) is 0.435. The summed E-state index contributed by atoms with van der Waals surface area (Å²) in [5.74, 6) is -1.66. The predicted octanol–water partition coefficient (Wildman–Crippen LogP) is 2.53. The van der Waals surface area contributed by atoms with E-state index in [0.29, 0.717) is 5.39 Å². The van der Waals surface area contributed by atoms with Crippen LogP contribution in [0.1, 0.15) is 45.2 Å². The largest absolute Gasteiger partial charge is 0.504 e. The number of rotatable bonds is 6. The van der Waals surface area contributed by atoms with Crippen molar-refractivity contribution in [1.82, 2.24) is 4.98 Å². The lowest BCUT2D eigenvalue weighted by Crippen LogP contribution is -2.36. The smallest absolute Gasteiger partial charge is 0.198 e. The number of hydrogen-bond acceptors (Lipinski definition) is 7. The lowest BCUT2D eigenvalue weighted by molar-refractivity contribution is 0.0976. The Balaban J connectivity index is 1.80. The molecular formula is C23H21FN2O5. The Hall–Kier alpha value is -3.36. The minimum atomic E-state index is -1.53. The first-order chi connectivity index (χ1) is 14.8. The van der Waals surface area contributed by atoms with Crippen LogP contribution in [0.3, 0.4) is 0 Å². The number of ketones is 2. The fourth-order valence-corrected chi connectivity index (χ4v) is 3.74. The Morgan fingerprint density at radius 2 is 1.74 bits per heavy atom. The Kier molecular flexibility index (Phi) is 5.43. The summed E-state index contributed by atoms with van der Waals surface area (Å²) in [5, 5.41) is 20.7. The van der Waals surface area contributed by atoms with Gasteiger partial charge in [-0.15, -0.1) is 0 Å². The van der Waals surface area contributed by atoms with Crippen molar-refractivity contribution < 1.29 is 28.9 Å². The zero-order chi connectivity index (χ0) is 22.3. The number of aliphatic hydroxyl groups excluding tert-OH is 1. The molecule has 7 nitrogen and oxygen atoms in total. The summed E-state index contributed by atoms with van der Waals surface area (Å²) < 4.78 is 19.9. The van der Waals surface area contributed by atoms with Crippen LogP contribution < -0.4 is 10.5 Å². The van der Waals surface area contributed by atoms with Crippen molar-refractivity contribution in [3.8, 4) is 11.5 Å². The number of carbonyl (C=O) groups is 2. The van der Waals surface area contributed by atoms with Gasteiger partial charge in [0.25, 0.3) is 0 Å². The van der Waals surface area contributed by atoms with Gasteiger partial charge in [0.2, 0.25) is 0 Å². The van der Waals surface area contributed by atoms with Gasteiger partial charge in [0.1, 0.15) is 18.3 Å². The molecule has 8 heteroatoms. The minimum absolute atomic E-state index is 0.0459. The van der Waals surface area contributed by atoms with Crippen LogP contribution in [0.15, 0.2) is 42.6 Å². The molecule has 3 aromatic rings. The second kappa shape index (κ2) is 8.05. The highest BCUT2D eigenvalue weighted by molar-refractivity contribution is 6.33. The maximum atomic E-state index is 14.4. The van der Waals surface area contributed by atoms with Gasteiger partial charge in [-0.25, -0.2) is 4.39 Å². The third-order valence-corrected chi connectivity index (χ3v) is 5.42. The van der Waals surface area contributed by atoms with Crippen LogP contribution in [0.5, 0.6) is 11.5 Å². The van der Waals surface area contributed by atoms with Crippen molar-refractivity contribution in [2.24, 2.45) is 5.73 Å². The summed E-state index contributed by atoms with van der Waals surface area (Å²) in [7, 11) is 0. The van der Waals surface area contributed by atoms with Crippen molar-refractivity contribution in [2.45, 2.75) is 31.7 Å². The van der Waals surface area contributed by atoms with Crippen LogP contribution in [-0.4, -0.2) is 51.7 Å². The van der Waals surface area contributed by atoms with Gasteiger partial charge in [-0.2, -0.15) is 0 Å². The van der Waals surface area contributed by atoms with E-state index in [1.54, 1.807) is 30.3 Å². The number of halogens is 1. The Bertz CT molecular complexity index is 1190. The van der Waals surface area contributed by atoms with Gasteiger partial charge in [0, 0.05) is 34.3 Å². The summed E-state index contributed by atoms with van der Waals surface area (Å²) in [4.78, 5) is 30.5. The highest BCUT2D eigenvalue weighted by atomic mass is 19.1. The fraction of sp³-hybridized carbons (Fsp3) is 0.261. The molecule has 31 heavy (non-hydrogen) atoms. The molecule has 1 heterocycles. The summed E-state index contributed by atoms with van der Waals surface area (Å²) in [5.41, 5.74) is 6.11. The number of carbonyl (C=O) groups excluding carboxylic acids is 2. The van der Waals surface area contributed by atoms with E-state index >= 15 is 0 Å². The first kappa shape index (κ1) is 20.9. The minimum Gasteiger partial charge on any atom is -0.504 e. The fourth-order valence-electron chi connectivity index (χ4n) is 3.74. The summed E-state index contributed by atoms with van der Waals surface area (Å²) in [6.45, 7) is 0.989. The molecule has 2 aromatic carbocycles. The number of fused-ring (bicyclic) bond motifs is 4. The monoisotopic (exact) mass is 424 g/mol. The van der Waals surface area contributed by atoms with Gasteiger partial charge in [0.15, 0.2) is 23.1 Å². The first-order valence-corrected chi connectivity index (χ1v) is 9.83. The summed E-state index contributed by atoms with van der Waals surface area (Å²) in [6.07, 6.45) is -1.13. The summed E-state index contributed by atoms with van der Waals surface area (Å²) >= 11 is 0. The number of pyridine rings is 1. The third kappa shape index (κ3) is 3.54. The van der Waals surface area contributed by atoms with E-state index in [9.17, 15) is 24.2 Å². The van der Waals surface area contributed by atoms with E-state index in [1.807, 2.05) is 0 Å². The van der Waals surface area contributed by atoms with E-state index in [4.69, 9.17) is 10.5 Å². The molecule has 0 bridgehead atoms. The molecule has 3 atom stereocenters. The van der Waals surface area contributed by atoms with Gasteiger partial charge in [0.05, 0.1) is 11.7 Å². The van der Waals surface area contributed by atoms with E-state index in [1.165, 1.54) is 19.2 Å². The van der Waals surface area contributed by atoms with Crippen LogP contribution in [-0.2, 0) is 0 Å². The van der Waals surface area contributed by atoms with E-state index in [-0.39, 0.29) is 39.9 Å². The second-order valence-corrected chi connectivity index (χ2v) is 7.58. The van der Waals surface area contributed by atoms with Crippen molar-refractivity contribution in [3.63, 3.8) is 0 Å². The lowest BCUT2D eigenvalue weighted by atomic mass is 9.81. The Labute approximate surface area is 177 Å². The highest BCUT2D eigenvalue weighted by Crippen LogP contribution is 2.44. The molecule has 0 spiro atoms. The number of alkyl halides is 1. The van der Waals surface area contributed by atoms with Crippen LogP contribution in [0.4, 0.5) is 4.39 Å². The number of phenolic OH excluding ortho intramolecular Hbond substituents is 1. The lowest BCUT2D eigenvalue weighted by Gasteiger charge is -2.23. The molecule has 160 valence electrons. The van der Waals surface area contributed by atoms with E-state index in [2.05, 4.69) is 4.98 Å². The normalized spacial score (nSPS) is 15.9. The molecule has 1 aliphatic rings. The molecule has 4 rings (SSSR count). The van der Waals surface area contributed by atoms with Gasteiger partial charge in [-0.3, -0.25) is 14.6 Å². The standard InChI is InChI=1S/C23H21FN2O5/c1-11(27)16(25)9-12(24)10-31-23-19-15(7-4-8-26-19)17-18(22(23)30)21(29)14-6-3-2-5-13(14)20(17)28/h2-8,11-12,16,27,30H,9-10,25H2,1H3. The number of phenols is 1. The molecule has 4 N–H and O–H groups in total. The maximum Gasteiger partial charge on any atom is 0.198 e. The van der Waals surface area contributed by atoms with Crippen LogP contribution in [0, 0.1) is 0 Å². The van der Waals surface area contributed by atoms with Crippen molar-refractivity contribution in [1.29, 1.82) is 0 Å². The molecule has 0 aliphatic heterocycles. The zero-order valence-corrected chi connectivity index (χ0v) is 16.7. The third-order valence-electron chi connectivity index (χ3n) is 5.42. The second-order valence-electron chi connectivity index (χ2n) is 7.58. The maximum absolute atomic E-state index is 14.4. The number of aromatic nitrogens is 1. The topological polar surface area (TPSA) is 123 Å². The Morgan fingerprint density at radius 1 is 1.10 bits per heavy atom. The predicted molar refractivity (Wildman–Crippen MR) is 111 cm³/mol. The highest BCUT2D eigenvalue weighted by Gasteiger charge is 2.36. The summed E-state index contributed by atoms with van der Waals surface area (Å²) in [6, 6.07) is 8.78. The van der Waals surface area contributed by atoms with Crippen molar-refractivity contribution in [3.05, 3.63) is 64.8 Å². The van der Waals surface area contributed by atoms with E-state index in [0.717, 1.165) is 0 Å². The number of hydrogen-bond donors (Lipinski definition) is 3. The van der Waals surface area contributed by atoms with Gasteiger partial charge in [-0.1, -0.05) is 30.3 Å². The number of ether oxygens (including phenoxy) is 1. The SMILES string of the molecule is CC(O)C(N)CC(F)COc1c(O)c2c(c3cccnc13)C(=O)c1ccccc1C2=O. The number of benzene rings is 2. The van der Waals surface area contributed by atoms with Crippen LogP contribution in [0.25, 0.3) is 10.9 Å². The Morgan fingerprint density at radius 3 is 2.39 bits per heavy atom. The molecule has 1 aliphatic carbocycles. The van der Waals surface area contributed by atoms with Crippen LogP contribution in [0.2, 0.25) is 0 Å². The van der Waals surface area contributed by atoms with Gasteiger partial charge < -0.3 is 20.7 Å². The van der Waals surface area contributed by atoms with Crippen molar-refractivity contribution >= 4 is 22.5 Å². The molecule has 3 unspecified atom stereocenters. The number of aliphatic hydroxyl groups is 1. The molecule has 0 radical (unpaired) electrons. The first-order valence-electron chi connectivity index (χ1n) is 9.83. The van der Waals surface area contributed by atoms with E-state index < -0.39 is 42.2 Å². The van der Waals surface area contributed by atoms with Crippen LogP contribution >= 0.6 is 0 Å². The average Bonchev–Trinajstić information content (AvgIpc) is 2.76. The number of nitrogens with zero attached hydrogens (tertiary/aromatic N) is 1.